The van der Waals surface area contributed by atoms with E-state index in [-0.39, 0.29) is 0 Å². The summed E-state index contributed by atoms with van der Waals surface area (Å²) in [4.78, 5) is 4.24. The standard InChI is InChI=1S/C23H26N2O3/c1-24(2)17-6-8-18(9-7-17)25(19-10-12-21(26-3)13-11-19)20-14-22(27-4)16-23(15-20)28-5/h6-16H,1-5H3. The molecule has 5 heteroatoms. The molecular formula is C23H26N2O3. The average Bonchev–Trinajstić information content (AvgIpc) is 2.74. The minimum Gasteiger partial charge on any atom is -0.497 e. The van der Waals surface area contributed by atoms with Crippen molar-refractivity contribution in [1.82, 2.24) is 0 Å². The molecule has 3 aromatic carbocycles. The maximum absolute atomic E-state index is 5.47. The quantitative estimate of drug-likeness (QED) is 0.561. The van der Waals surface area contributed by atoms with Crippen LogP contribution in [0.25, 0.3) is 0 Å². The normalized spacial score (nSPS) is 10.3. The maximum Gasteiger partial charge on any atom is 0.124 e. The lowest BCUT2D eigenvalue weighted by atomic mass is 10.1. The van der Waals surface area contributed by atoms with Crippen molar-refractivity contribution in [2.75, 3.05) is 45.2 Å². The highest BCUT2D eigenvalue weighted by Gasteiger charge is 2.15. The van der Waals surface area contributed by atoms with E-state index in [0.717, 1.165) is 40.0 Å². The lowest BCUT2D eigenvalue weighted by Crippen LogP contribution is -2.12. The van der Waals surface area contributed by atoms with Gasteiger partial charge in [-0.25, -0.2) is 0 Å². The topological polar surface area (TPSA) is 34.2 Å². The van der Waals surface area contributed by atoms with Crippen molar-refractivity contribution in [2.24, 2.45) is 0 Å². The first-order valence-corrected chi connectivity index (χ1v) is 9.00. The van der Waals surface area contributed by atoms with Crippen LogP contribution in [0.4, 0.5) is 22.7 Å². The number of anilines is 4. The van der Waals surface area contributed by atoms with Crippen LogP contribution in [-0.2, 0) is 0 Å². The van der Waals surface area contributed by atoms with E-state index in [9.17, 15) is 0 Å². The smallest absolute Gasteiger partial charge is 0.124 e. The second-order valence-electron chi connectivity index (χ2n) is 6.52. The van der Waals surface area contributed by atoms with Gasteiger partial charge in [0.05, 0.1) is 27.0 Å². The minimum absolute atomic E-state index is 0.734. The van der Waals surface area contributed by atoms with E-state index in [1.165, 1.54) is 0 Å². The second kappa shape index (κ2) is 8.57. The summed E-state index contributed by atoms with van der Waals surface area (Å²) in [6.45, 7) is 0. The van der Waals surface area contributed by atoms with E-state index in [2.05, 4.69) is 34.1 Å². The van der Waals surface area contributed by atoms with Crippen LogP contribution in [0.3, 0.4) is 0 Å². The van der Waals surface area contributed by atoms with Crippen LogP contribution >= 0.6 is 0 Å². The Morgan fingerprint density at radius 1 is 0.500 bits per heavy atom. The Morgan fingerprint density at radius 2 is 0.929 bits per heavy atom. The van der Waals surface area contributed by atoms with Crippen molar-refractivity contribution in [3.63, 3.8) is 0 Å². The van der Waals surface area contributed by atoms with Crippen LogP contribution in [0.5, 0.6) is 17.2 Å². The molecule has 3 rings (SSSR count). The van der Waals surface area contributed by atoms with Crippen molar-refractivity contribution in [3.8, 4) is 17.2 Å². The van der Waals surface area contributed by atoms with Gasteiger partial charge in [-0.3, -0.25) is 0 Å². The summed E-state index contributed by atoms with van der Waals surface area (Å²) in [5.74, 6) is 2.28. The van der Waals surface area contributed by atoms with Crippen LogP contribution < -0.4 is 24.0 Å². The lowest BCUT2D eigenvalue weighted by Gasteiger charge is -2.27. The predicted octanol–water partition coefficient (Wildman–Crippen LogP) is 5.25. The summed E-state index contributed by atoms with van der Waals surface area (Å²) in [6.07, 6.45) is 0. The van der Waals surface area contributed by atoms with Gasteiger partial charge >= 0.3 is 0 Å². The molecule has 0 bridgehead atoms. The molecule has 0 spiro atoms. The number of rotatable bonds is 7. The molecule has 5 nitrogen and oxygen atoms in total. The first-order chi connectivity index (χ1) is 13.5. The Morgan fingerprint density at radius 3 is 1.36 bits per heavy atom. The highest BCUT2D eigenvalue weighted by molar-refractivity contribution is 5.79. The first kappa shape index (κ1) is 19.4. The van der Waals surface area contributed by atoms with Gasteiger partial charge < -0.3 is 24.0 Å². The molecule has 28 heavy (non-hydrogen) atoms. The molecule has 0 atom stereocenters. The van der Waals surface area contributed by atoms with Crippen molar-refractivity contribution in [2.45, 2.75) is 0 Å². The van der Waals surface area contributed by atoms with Crippen LogP contribution in [0.2, 0.25) is 0 Å². The van der Waals surface area contributed by atoms with Crippen molar-refractivity contribution in [3.05, 3.63) is 66.7 Å². The van der Waals surface area contributed by atoms with E-state index in [4.69, 9.17) is 14.2 Å². The average molecular weight is 378 g/mol. The SMILES string of the molecule is COc1ccc(N(c2ccc(N(C)C)cc2)c2cc(OC)cc(OC)c2)cc1. The number of hydrogen-bond donors (Lipinski definition) is 0. The molecule has 0 fully saturated rings. The van der Waals surface area contributed by atoms with E-state index in [1.54, 1.807) is 21.3 Å². The Bertz CT molecular complexity index is 884. The van der Waals surface area contributed by atoms with Gasteiger partial charge in [0.15, 0.2) is 0 Å². The summed E-state index contributed by atoms with van der Waals surface area (Å²) < 4.78 is 16.3. The third-order valence-electron chi connectivity index (χ3n) is 4.55. The molecule has 0 aliphatic carbocycles. The van der Waals surface area contributed by atoms with Gasteiger partial charge in [-0.05, 0) is 48.5 Å². The molecule has 0 saturated carbocycles. The van der Waals surface area contributed by atoms with Gasteiger partial charge in [0.25, 0.3) is 0 Å². The summed E-state index contributed by atoms with van der Waals surface area (Å²) in [6, 6.07) is 22.2. The zero-order valence-corrected chi connectivity index (χ0v) is 17.0. The van der Waals surface area contributed by atoms with Crippen LogP contribution in [0.1, 0.15) is 0 Å². The number of nitrogens with zero attached hydrogens (tertiary/aromatic N) is 2. The Hall–Kier alpha value is -3.34. The molecule has 0 amide bonds. The van der Waals surface area contributed by atoms with Crippen molar-refractivity contribution >= 4 is 22.7 Å². The van der Waals surface area contributed by atoms with Crippen molar-refractivity contribution in [1.29, 1.82) is 0 Å². The number of ether oxygens (including phenoxy) is 3. The highest BCUT2D eigenvalue weighted by atomic mass is 16.5. The third-order valence-corrected chi connectivity index (χ3v) is 4.55. The molecule has 0 N–H and O–H groups in total. The fourth-order valence-electron chi connectivity index (χ4n) is 3.00. The minimum atomic E-state index is 0.734. The Balaban J connectivity index is 2.13. The zero-order valence-electron chi connectivity index (χ0n) is 17.0. The predicted molar refractivity (Wildman–Crippen MR) is 115 cm³/mol. The molecule has 0 aromatic heterocycles. The van der Waals surface area contributed by atoms with Gasteiger partial charge in [-0.1, -0.05) is 0 Å². The summed E-state index contributed by atoms with van der Waals surface area (Å²) >= 11 is 0. The van der Waals surface area contributed by atoms with Crippen LogP contribution in [0.15, 0.2) is 66.7 Å². The lowest BCUT2D eigenvalue weighted by molar-refractivity contribution is 0.394. The molecule has 0 heterocycles. The molecule has 0 radical (unpaired) electrons. The van der Waals surface area contributed by atoms with E-state index >= 15 is 0 Å². The number of benzene rings is 3. The van der Waals surface area contributed by atoms with Crippen molar-refractivity contribution < 1.29 is 14.2 Å². The van der Waals surface area contributed by atoms with Gasteiger partial charge in [0.1, 0.15) is 17.2 Å². The van der Waals surface area contributed by atoms with Crippen LogP contribution in [0, 0.1) is 0 Å². The Kier molecular flexibility index (Phi) is 5.94. The Labute approximate surface area is 166 Å². The van der Waals surface area contributed by atoms with E-state index in [0.29, 0.717) is 0 Å². The number of methoxy groups -OCH3 is 3. The first-order valence-electron chi connectivity index (χ1n) is 9.00. The monoisotopic (exact) mass is 378 g/mol. The van der Waals surface area contributed by atoms with Gasteiger partial charge in [0, 0.05) is 49.4 Å². The maximum atomic E-state index is 5.47. The van der Waals surface area contributed by atoms with E-state index in [1.807, 2.05) is 56.6 Å². The molecule has 3 aromatic rings. The molecule has 146 valence electrons. The van der Waals surface area contributed by atoms with Crippen LogP contribution in [-0.4, -0.2) is 35.4 Å². The second-order valence-corrected chi connectivity index (χ2v) is 6.52. The zero-order chi connectivity index (χ0) is 20.1. The molecule has 0 aliphatic heterocycles. The third kappa shape index (κ3) is 4.14. The molecule has 0 unspecified atom stereocenters. The largest absolute Gasteiger partial charge is 0.497 e. The van der Waals surface area contributed by atoms with Gasteiger partial charge in [0.2, 0.25) is 0 Å². The molecule has 0 saturated heterocycles. The summed E-state index contributed by atoms with van der Waals surface area (Å²) in [5, 5.41) is 0. The van der Waals surface area contributed by atoms with Gasteiger partial charge in [-0.2, -0.15) is 0 Å². The fourth-order valence-corrected chi connectivity index (χ4v) is 3.00. The summed E-state index contributed by atoms with van der Waals surface area (Å²) in [7, 11) is 9.04. The van der Waals surface area contributed by atoms with Gasteiger partial charge in [-0.15, -0.1) is 0 Å². The van der Waals surface area contributed by atoms with E-state index < -0.39 is 0 Å². The fraction of sp³-hybridized carbons (Fsp3) is 0.217. The highest BCUT2D eigenvalue weighted by Crippen LogP contribution is 2.39. The molecular weight excluding hydrogens is 352 g/mol. The molecule has 0 aliphatic rings. The number of hydrogen-bond acceptors (Lipinski definition) is 5. The summed E-state index contributed by atoms with van der Waals surface area (Å²) in [5.41, 5.74) is 4.13.